The van der Waals surface area contributed by atoms with Gasteiger partial charge in [-0.3, -0.25) is 0 Å². The Morgan fingerprint density at radius 3 is 2.15 bits per heavy atom. The van der Waals surface area contributed by atoms with E-state index in [9.17, 15) is 17.6 Å². The van der Waals surface area contributed by atoms with Crippen molar-refractivity contribution in [1.82, 2.24) is 9.97 Å². The third-order valence-corrected chi connectivity index (χ3v) is 2.37. The third-order valence-electron chi connectivity index (χ3n) is 2.37. The molecule has 2 rings (SSSR count). The van der Waals surface area contributed by atoms with Crippen molar-refractivity contribution in [2.75, 3.05) is 0 Å². The number of aryl methyl sites for hydroxylation is 1. The Morgan fingerprint density at radius 2 is 1.65 bits per heavy atom. The van der Waals surface area contributed by atoms with Gasteiger partial charge in [-0.25, -0.2) is 14.4 Å². The lowest BCUT2D eigenvalue weighted by atomic mass is 10.1. The molecular weight excluding hydrogens is 272 g/mol. The van der Waals surface area contributed by atoms with E-state index in [0.717, 1.165) is 6.07 Å². The fraction of sp³-hybridized carbons (Fsp3) is 0.286. The molecule has 1 aromatic heterocycles. The summed E-state index contributed by atoms with van der Waals surface area (Å²) in [5, 5.41) is 0. The van der Waals surface area contributed by atoms with Crippen molar-refractivity contribution < 1.29 is 17.6 Å². The van der Waals surface area contributed by atoms with Crippen LogP contribution in [-0.4, -0.2) is 9.97 Å². The summed E-state index contributed by atoms with van der Waals surface area (Å²) in [6.07, 6.45) is -3.41. The molecule has 1 heterocycles. The number of halogens is 4. The SMILES string of the molecule is CC.Cc1cc(-c2ccc(C(F)(F)F)c(F)c2)ncn1. The third kappa shape index (κ3) is 3.76. The molecule has 0 N–H and O–H groups in total. The second-order valence-electron chi connectivity index (χ2n) is 3.74. The highest BCUT2D eigenvalue weighted by Gasteiger charge is 2.33. The molecule has 0 unspecified atom stereocenters. The van der Waals surface area contributed by atoms with Crippen LogP contribution in [0.2, 0.25) is 0 Å². The first-order valence-corrected chi connectivity index (χ1v) is 6.03. The summed E-state index contributed by atoms with van der Waals surface area (Å²) in [6.45, 7) is 5.71. The molecule has 20 heavy (non-hydrogen) atoms. The first-order valence-electron chi connectivity index (χ1n) is 6.03. The van der Waals surface area contributed by atoms with Crippen molar-refractivity contribution in [3.63, 3.8) is 0 Å². The summed E-state index contributed by atoms with van der Waals surface area (Å²) in [5.74, 6) is -1.31. The van der Waals surface area contributed by atoms with Gasteiger partial charge in [0.25, 0.3) is 0 Å². The molecule has 0 bridgehead atoms. The lowest BCUT2D eigenvalue weighted by Crippen LogP contribution is -2.07. The summed E-state index contributed by atoms with van der Waals surface area (Å²) in [6, 6.07) is 4.29. The highest BCUT2D eigenvalue weighted by molar-refractivity contribution is 5.59. The quantitative estimate of drug-likeness (QED) is 0.714. The van der Waals surface area contributed by atoms with Gasteiger partial charge in [0.1, 0.15) is 12.1 Å². The Kier molecular flexibility index (Phi) is 5.19. The summed E-state index contributed by atoms with van der Waals surface area (Å²) in [4.78, 5) is 7.74. The Bertz CT molecular complexity index is 580. The molecule has 0 radical (unpaired) electrons. The van der Waals surface area contributed by atoms with Crippen molar-refractivity contribution in [3.8, 4) is 11.3 Å². The largest absolute Gasteiger partial charge is 0.419 e. The van der Waals surface area contributed by atoms with Crippen molar-refractivity contribution >= 4 is 0 Å². The van der Waals surface area contributed by atoms with E-state index in [4.69, 9.17) is 0 Å². The Labute approximate surface area is 114 Å². The van der Waals surface area contributed by atoms with Crippen molar-refractivity contribution in [1.29, 1.82) is 0 Å². The Hall–Kier alpha value is -1.98. The van der Waals surface area contributed by atoms with Crippen LogP contribution in [0.5, 0.6) is 0 Å². The van der Waals surface area contributed by atoms with Crippen LogP contribution >= 0.6 is 0 Å². The molecule has 0 saturated carbocycles. The molecule has 0 aliphatic heterocycles. The first kappa shape index (κ1) is 16.1. The molecule has 0 amide bonds. The van der Waals surface area contributed by atoms with E-state index < -0.39 is 17.6 Å². The van der Waals surface area contributed by atoms with Crippen LogP contribution in [0, 0.1) is 12.7 Å². The first-order chi connectivity index (χ1) is 9.38. The average molecular weight is 286 g/mol. The van der Waals surface area contributed by atoms with Crippen molar-refractivity contribution in [2.45, 2.75) is 26.9 Å². The minimum absolute atomic E-state index is 0.283. The number of aromatic nitrogens is 2. The number of hydrogen-bond acceptors (Lipinski definition) is 2. The van der Waals surface area contributed by atoms with Gasteiger partial charge in [0.05, 0.1) is 11.3 Å². The molecule has 2 nitrogen and oxygen atoms in total. The van der Waals surface area contributed by atoms with Crippen LogP contribution in [0.15, 0.2) is 30.6 Å². The van der Waals surface area contributed by atoms with Crippen LogP contribution in [0.25, 0.3) is 11.3 Å². The molecule has 0 aliphatic carbocycles. The van der Waals surface area contributed by atoms with Gasteiger partial charge in [0.2, 0.25) is 0 Å². The van der Waals surface area contributed by atoms with E-state index in [1.165, 1.54) is 12.4 Å². The highest BCUT2D eigenvalue weighted by atomic mass is 19.4. The van der Waals surface area contributed by atoms with Crippen LogP contribution in [0.4, 0.5) is 17.6 Å². The monoisotopic (exact) mass is 286 g/mol. The van der Waals surface area contributed by atoms with Crippen molar-refractivity contribution in [3.05, 3.63) is 47.7 Å². The molecular formula is C14H14F4N2. The lowest BCUT2D eigenvalue weighted by Gasteiger charge is -2.09. The number of benzene rings is 1. The maximum atomic E-state index is 13.4. The molecule has 0 saturated heterocycles. The smallest absolute Gasteiger partial charge is 0.242 e. The standard InChI is InChI=1S/C12H8F4N2.C2H6/c1-7-4-11(18-6-17-7)8-2-3-9(10(13)5-8)12(14,15)16;1-2/h2-6H,1H3;1-2H3. The number of nitrogens with zero attached hydrogens (tertiary/aromatic N) is 2. The van der Waals surface area contributed by atoms with E-state index in [0.29, 0.717) is 17.5 Å². The molecule has 2 aromatic rings. The fourth-order valence-corrected chi connectivity index (χ4v) is 1.52. The maximum Gasteiger partial charge on any atom is 0.419 e. The Balaban J connectivity index is 0.000000956. The maximum absolute atomic E-state index is 13.4. The van der Waals surface area contributed by atoms with E-state index in [-0.39, 0.29) is 5.56 Å². The zero-order chi connectivity index (χ0) is 15.3. The molecule has 6 heteroatoms. The molecule has 1 aromatic carbocycles. The van der Waals surface area contributed by atoms with Crippen molar-refractivity contribution in [2.24, 2.45) is 0 Å². The molecule has 108 valence electrons. The second-order valence-corrected chi connectivity index (χ2v) is 3.74. The van der Waals surface area contributed by atoms with Gasteiger partial charge >= 0.3 is 6.18 Å². The number of hydrogen-bond donors (Lipinski definition) is 0. The average Bonchev–Trinajstić information content (AvgIpc) is 2.39. The predicted octanol–water partition coefficient (Wildman–Crippen LogP) is 4.64. The van der Waals surface area contributed by atoms with Crippen LogP contribution < -0.4 is 0 Å². The summed E-state index contributed by atoms with van der Waals surface area (Å²) in [5.41, 5.74) is 0.0402. The molecule has 0 fully saturated rings. The van der Waals surface area contributed by atoms with Gasteiger partial charge in [0.15, 0.2) is 0 Å². The van der Waals surface area contributed by atoms with Gasteiger partial charge in [-0.05, 0) is 25.1 Å². The van der Waals surface area contributed by atoms with Gasteiger partial charge in [0, 0.05) is 11.3 Å². The highest BCUT2D eigenvalue weighted by Crippen LogP contribution is 2.33. The Morgan fingerprint density at radius 1 is 1.00 bits per heavy atom. The minimum Gasteiger partial charge on any atom is -0.242 e. The summed E-state index contributed by atoms with van der Waals surface area (Å²) < 4.78 is 50.5. The van der Waals surface area contributed by atoms with Crippen LogP contribution in [0.3, 0.4) is 0 Å². The van der Waals surface area contributed by atoms with Gasteiger partial charge in [-0.1, -0.05) is 19.9 Å². The minimum atomic E-state index is -4.69. The lowest BCUT2D eigenvalue weighted by molar-refractivity contribution is -0.139. The van der Waals surface area contributed by atoms with E-state index in [2.05, 4.69) is 9.97 Å². The number of rotatable bonds is 1. The second kappa shape index (κ2) is 6.45. The summed E-state index contributed by atoms with van der Waals surface area (Å²) >= 11 is 0. The molecule has 0 atom stereocenters. The molecule has 0 spiro atoms. The van der Waals surface area contributed by atoms with Gasteiger partial charge in [-0.2, -0.15) is 13.2 Å². The zero-order valence-electron chi connectivity index (χ0n) is 11.3. The van der Waals surface area contributed by atoms with Crippen LogP contribution in [0.1, 0.15) is 25.1 Å². The van der Waals surface area contributed by atoms with Crippen LogP contribution in [-0.2, 0) is 6.18 Å². The van der Waals surface area contributed by atoms with E-state index >= 15 is 0 Å². The fourth-order valence-electron chi connectivity index (χ4n) is 1.52. The van der Waals surface area contributed by atoms with E-state index in [1.54, 1.807) is 13.0 Å². The molecule has 0 aliphatic rings. The van der Waals surface area contributed by atoms with Gasteiger partial charge < -0.3 is 0 Å². The predicted molar refractivity (Wildman–Crippen MR) is 68.5 cm³/mol. The van der Waals surface area contributed by atoms with E-state index in [1.807, 2.05) is 13.8 Å². The normalized spacial score (nSPS) is 10.8. The van der Waals surface area contributed by atoms with Gasteiger partial charge in [-0.15, -0.1) is 0 Å². The zero-order valence-corrected chi connectivity index (χ0v) is 11.3. The summed E-state index contributed by atoms with van der Waals surface area (Å²) in [7, 11) is 0. The number of alkyl halides is 3. The topological polar surface area (TPSA) is 25.8 Å².